The van der Waals surface area contributed by atoms with Crippen molar-refractivity contribution in [2.24, 2.45) is 0 Å². The zero-order valence-corrected chi connectivity index (χ0v) is 34.8. The minimum Gasteiger partial charge on any atom is -0.309 e. The molecule has 0 atom stereocenters. The molecule has 0 bridgehead atoms. The van der Waals surface area contributed by atoms with Crippen molar-refractivity contribution in [2.45, 2.75) is 0 Å². The first kappa shape index (κ1) is 35.4. The minimum atomic E-state index is 0.473. The molecule has 5 nitrogen and oxygen atoms in total. The van der Waals surface area contributed by atoms with Crippen molar-refractivity contribution in [3.63, 3.8) is 0 Å². The lowest BCUT2D eigenvalue weighted by molar-refractivity contribution is 1.17. The summed E-state index contributed by atoms with van der Waals surface area (Å²) < 4.78 is 7.27. The number of hydrogen-bond donors (Lipinski definition) is 0. The molecule has 65 heavy (non-hydrogen) atoms. The fourth-order valence-corrected chi connectivity index (χ4v) is 11.1. The van der Waals surface area contributed by atoms with E-state index in [0.717, 1.165) is 60.8 Å². The highest BCUT2D eigenvalue weighted by molar-refractivity contribution is 6.27. The average molecular weight is 824 g/mol. The van der Waals surface area contributed by atoms with Gasteiger partial charge < -0.3 is 13.7 Å². The number of benzene rings is 11. The lowest BCUT2D eigenvalue weighted by Crippen LogP contribution is -1.98. The molecule has 14 aromatic rings. The van der Waals surface area contributed by atoms with Crippen LogP contribution < -0.4 is 0 Å². The summed E-state index contributed by atoms with van der Waals surface area (Å²) in [5.41, 5.74) is 13.1. The van der Waals surface area contributed by atoms with Gasteiger partial charge in [-0.2, -0.15) is 10.5 Å². The van der Waals surface area contributed by atoms with Gasteiger partial charge >= 0.3 is 0 Å². The maximum atomic E-state index is 9.87. The molecule has 0 aliphatic carbocycles. The molecule has 14 rings (SSSR count). The van der Waals surface area contributed by atoms with Crippen molar-refractivity contribution in [1.29, 1.82) is 10.5 Å². The van der Waals surface area contributed by atoms with E-state index in [1.807, 2.05) is 12.1 Å². The minimum absolute atomic E-state index is 0.473. The number of hydrogen-bond acceptors (Lipinski definition) is 2. The number of nitriles is 2. The van der Waals surface area contributed by atoms with Crippen LogP contribution in [0.5, 0.6) is 0 Å². The lowest BCUT2D eigenvalue weighted by atomic mass is 9.88. The van der Waals surface area contributed by atoms with Gasteiger partial charge in [0.05, 0.1) is 62.1 Å². The molecule has 0 saturated heterocycles. The van der Waals surface area contributed by atoms with E-state index >= 15 is 0 Å². The van der Waals surface area contributed by atoms with Crippen LogP contribution in [-0.2, 0) is 0 Å². The molecule has 3 aromatic heterocycles. The van der Waals surface area contributed by atoms with Gasteiger partial charge in [0.15, 0.2) is 0 Å². The summed E-state index contributed by atoms with van der Waals surface area (Å²) in [5.74, 6) is 0. The van der Waals surface area contributed by atoms with E-state index in [2.05, 4.69) is 208 Å². The molecule has 0 amide bonds. The second-order valence-corrected chi connectivity index (χ2v) is 17.1. The number of nitrogens with zero attached hydrogens (tertiary/aromatic N) is 5. The summed E-state index contributed by atoms with van der Waals surface area (Å²) >= 11 is 0. The quantitative estimate of drug-likeness (QED) is 0.166. The van der Waals surface area contributed by atoms with Crippen LogP contribution in [0.1, 0.15) is 11.1 Å². The summed E-state index contributed by atoms with van der Waals surface area (Å²) in [7, 11) is 0. The third-order valence-corrected chi connectivity index (χ3v) is 13.8. The molecule has 11 aromatic carbocycles. The molecule has 0 unspecified atom stereocenters. The van der Waals surface area contributed by atoms with Crippen molar-refractivity contribution in [3.8, 4) is 40.3 Å². The third-order valence-electron chi connectivity index (χ3n) is 13.8. The van der Waals surface area contributed by atoms with Gasteiger partial charge in [0, 0.05) is 49.1 Å². The van der Waals surface area contributed by atoms with Crippen molar-refractivity contribution >= 4 is 97.7 Å². The Kier molecular flexibility index (Phi) is 7.18. The predicted octanol–water partition coefficient (Wildman–Crippen LogP) is 15.3. The Hall–Kier alpha value is -9.16. The Morgan fingerprint density at radius 1 is 0.308 bits per heavy atom. The van der Waals surface area contributed by atoms with Crippen molar-refractivity contribution < 1.29 is 0 Å². The fourth-order valence-electron chi connectivity index (χ4n) is 11.1. The molecule has 0 spiro atoms. The second-order valence-electron chi connectivity index (χ2n) is 17.1. The van der Waals surface area contributed by atoms with Gasteiger partial charge in [0.25, 0.3) is 0 Å². The van der Waals surface area contributed by atoms with Crippen LogP contribution in [0.25, 0.3) is 126 Å². The molecule has 0 N–H and O–H groups in total. The van der Waals surface area contributed by atoms with Crippen molar-refractivity contribution in [3.05, 3.63) is 211 Å². The zero-order valence-electron chi connectivity index (χ0n) is 34.8. The van der Waals surface area contributed by atoms with E-state index in [1.54, 1.807) is 6.07 Å². The highest BCUT2D eigenvalue weighted by Crippen LogP contribution is 2.45. The first-order valence-electron chi connectivity index (χ1n) is 21.9. The van der Waals surface area contributed by atoms with Crippen LogP contribution in [0, 0.1) is 22.7 Å². The molecule has 0 aliphatic rings. The van der Waals surface area contributed by atoms with E-state index in [9.17, 15) is 10.5 Å². The molecular formula is C60H33N5. The second kappa shape index (κ2) is 13.2. The zero-order chi connectivity index (χ0) is 42.9. The van der Waals surface area contributed by atoms with Gasteiger partial charge in [-0.25, -0.2) is 0 Å². The average Bonchev–Trinajstić information content (AvgIpc) is 4.00. The maximum absolute atomic E-state index is 9.87. The van der Waals surface area contributed by atoms with Crippen molar-refractivity contribution in [2.75, 3.05) is 0 Å². The van der Waals surface area contributed by atoms with Crippen LogP contribution in [0.3, 0.4) is 0 Å². The topological polar surface area (TPSA) is 62.4 Å². The van der Waals surface area contributed by atoms with E-state index in [1.165, 1.54) is 65.2 Å². The van der Waals surface area contributed by atoms with Crippen molar-refractivity contribution in [1.82, 2.24) is 13.7 Å². The summed E-state index contributed by atoms with van der Waals surface area (Å²) in [6, 6.07) is 76.4. The Morgan fingerprint density at radius 2 is 0.723 bits per heavy atom. The monoisotopic (exact) mass is 823 g/mol. The van der Waals surface area contributed by atoms with Crippen LogP contribution >= 0.6 is 0 Å². The number of fused-ring (bicyclic) bond motifs is 9. The van der Waals surface area contributed by atoms with Crippen LogP contribution in [-0.4, -0.2) is 13.7 Å². The van der Waals surface area contributed by atoms with E-state index in [4.69, 9.17) is 0 Å². The van der Waals surface area contributed by atoms with Gasteiger partial charge in [-0.15, -0.1) is 0 Å². The van der Waals surface area contributed by atoms with Gasteiger partial charge in [-0.3, -0.25) is 0 Å². The molecule has 0 saturated carbocycles. The molecule has 0 radical (unpaired) electrons. The molecule has 3 heterocycles. The normalized spacial score (nSPS) is 12.0. The van der Waals surface area contributed by atoms with Crippen LogP contribution in [0.2, 0.25) is 0 Å². The standard InChI is InChI=1S/C60H33N5/c61-34-36-29-37(35-62)31-40(30-36)43-23-17-38-19-25-49-56(26-20-39-18-24-48(43)59(38)60(39)49)65-57-27-21-41(63-52-13-5-1-9-44(52)45-10-2-6-14-53(45)63)32-50(57)51-33-42(22-28-58(51)65)64-54-15-7-3-11-46(54)47-12-4-8-16-55(47)64/h1-33H. The maximum Gasteiger partial charge on any atom is 0.0992 e. The Labute approximate surface area is 372 Å². The lowest BCUT2D eigenvalue weighted by Gasteiger charge is -2.18. The van der Waals surface area contributed by atoms with Crippen LogP contribution in [0.15, 0.2) is 200 Å². The molecule has 5 heteroatoms. The molecule has 0 fully saturated rings. The Morgan fingerprint density at radius 3 is 1.22 bits per heavy atom. The Bertz CT molecular complexity index is 4140. The van der Waals surface area contributed by atoms with Crippen LogP contribution in [0.4, 0.5) is 0 Å². The SMILES string of the molecule is N#Cc1cc(C#N)cc(-c2ccc3ccc4c(-n5c6ccc(-n7c8ccccc8c8ccccc87)cc6c6cc(-n7c8ccccc8c8ccccc87)ccc65)ccc5ccc2c3c54)c1. The summed E-state index contributed by atoms with van der Waals surface area (Å²) in [6.07, 6.45) is 0. The highest BCUT2D eigenvalue weighted by Gasteiger charge is 2.22. The van der Waals surface area contributed by atoms with E-state index in [0.29, 0.717) is 11.1 Å². The molecule has 298 valence electrons. The first-order chi connectivity index (χ1) is 32.1. The van der Waals surface area contributed by atoms with Gasteiger partial charge in [0.2, 0.25) is 0 Å². The molecular weight excluding hydrogens is 791 g/mol. The summed E-state index contributed by atoms with van der Waals surface area (Å²) in [4.78, 5) is 0. The fraction of sp³-hybridized carbons (Fsp3) is 0. The van der Waals surface area contributed by atoms with Gasteiger partial charge in [0.1, 0.15) is 0 Å². The predicted molar refractivity (Wildman–Crippen MR) is 268 cm³/mol. The van der Waals surface area contributed by atoms with Gasteiger partial charge in [-0.1, -0.05) is 115 Å². The highest BCUT2D eigenvalue weighted by atomic mass is 15.0. The smallest absolute Gasteiger partial charge is 0.0992 e. The number of rotatable bonds is 4. The summed E-state index contributed by atoms with van der Waals surface area (Å²) in [6.45, 7) is 0. The first-order valence-corrected chi connectivity index (χ1v) is 21.9. The Balaban J connectivity index is 1.07. The van der Waals surface area contributed by atoms with E-state index in [-0.39, 0.29) is 0 Å². The largest absolute Gasteiger partial charge is 0.309 e. The summed E-state index contributed by atoms with van der Waals surface area (Å²) in [5, 5.41) is 33.9. The molecule has 0 aliphatic heterocycles. The van der Waals surface area contributed by atoms with E-state index < -0.39 is 0 Å². The third kappa shape index (κ3) is 4.90. The number of aromatic nitrogens is 3. The van der Waals surface area contributed by atoms with Gasteiger partial charge in [-0.05, 0) is 123 Å². The number of para-hydroxylation sites is 4.